The molecule has 2 aromatic carbocycles. The third-order valence-corrected chi connectivity index (χ3v) is 4.25. The van der Waals surface area contributed by atoms with Crippen LogP contribution in [0.3, 0.4) is 0 Å². The minimum Gasteiger partial charge on any atom is -0.439 e. The van der Waals surface area contributed by atoms with E-state index in [1.165, 1.54) is 17.3 Å². The van der Waals surface area contributed by atoms with Crippen LogP contribution in [0.4, 0.5) is 0 Å². The Labute approximate surface area is 163 Å². The lowest BCUT2D eigenvalue weighted by molar-refractivity contribution is 0.1000. The predicted molar refractivity (Wildman–Crippen MR) is 106 cm³/mol. The van der Waals surface area contributed by atoms with Crippen molar-refractivity contribution in [2.75, 3.05) is 6.54 Å². The molecule has 1 heterocycles. The van der Waals surface area contributed by atoms with E-state index >= 15 is 0 Å². The van der Waals surface area contributed by atoms with Crippen molar-refractivity contribution in [3.05, 3.63) is 88.6 Å². The van der Waals surface area contributed by atoms with Crippen LogP contribution in [0, 0.1) is 0 Å². The van der Waals surface area contributed by atoms with Crippen LogP contribution in [0.1, 0.15) is 21.5 Å². The second-order valence-electron chi connectivity index (χ2n) is 6.05. The summed E-state index contributed by atoms with van der Waals surface area (Å²) in [4.78, 5) is 15.1. The van der Waals surface area contributed by atoms with E-state index in [9.17, 15) is 4.79 Å². The van der Waals surface area contributed by atoms with E-state index in [4.69, 9.17) is 22.1 Å². The summed E-state index contributed by atoms with van der Waals surface area (Å²) in [5, 5.41) is 4.17. The van der Waals surface area contributed by atoms with Gasteiger partial charge in [-0.15, -0.1) is 0 Å². The first-order chi connectivity index (χ1) is 13.1. The molecule has 0 aliphatic heterocycles. The van der Waals surface area contributed by atoms with E-state index < -0.39 is 5.91 Å². The molecule has 138 valence electrons. The highest BCUT2D eigenvalue weighted by atomic mass is 35.5. The fourth-order valence-electron chi connectivity index (χ4n) is 2.50. The largest absolute Gasteiger partial charge is 0.439 e. The Hall–Kier alpha value is -2.89. The molecule has 3 N–H and O–H groups in total. The summed E-state index contributed by atoms with van der Waals surface area (Å²) in [6, 6.07) is 18.9. The molecule has 0 aliphatic rings. The van der Waals surface area contributed by atoms with Crippen LogP contribution >= 0.6 is 11.6 Å². The maximum Gasteiger partial charge on any atom is 0.250 e. The zero-order chi connectivity index (χ0) is 19.1. The van der Waals surface area contributed by atoms with Gasteiger partial charge in [-0.3, -0.25) is 4.79 Å². The average Bonchev–Trinajstić information content (AvgIpc) is 2.68. The molecule has 1 aromatic heterocycles. The van der Waals surface area contributed by atoms with Gasteiger partial charge in [0, 0.05) is 23.8 Å². The first-order valence-corrected chi connectivity index (χ1v) is 8.96. The zero-order valence-electron chi connectivity index (χ0n) is 14.7. The van der Waals surface area contributed by atoms with Gasteiger partial charge in [-0.2, -0.15) is 0 Å². The smallest absolute Gasteiger partial charge is 0.250 e. The third kappa shape index (κ3) is 5.81. The summed E-state index contributed by atoms with van der Waals surface area (Å²) in [7, 11) is 0. The first-order valence-electron chi connectivity index (χ1n) is 8.58. The number of carbonyl (C=O) groups is 1. The second-order valence-corrected chi connectivity index (χ2v) is 6.49. The topological polar surface area (TPSA) is 77.2 Å². The van der Waals surface area contributed by atoms with Gasteiger partial charge >= 0.3 is 0 Å². The minimum atomic E-state index is -0.511. The van der Waals surface area contributed by atoms with Crippen molar-refractivity contribution in [2.24, 2.45) is 5.73 Å². The zero-order valence-corrected chi connectivity index (χ0v) is 15.4. The maximum absolute atomic E-state index is 11.0. The molecule has 5 nitrogen and oxygen atoms in total. The third-order valence-electron chi connectivity index (χ3n) is 4.00. The van der Waals surface area contributed by atoms with Crippen molar-refractivity contribution in [1.82, 2.24) is 10.3 Å². The van der Waals surface area contributed by atoms with Gasteiger partial charge in [0.2, 0.25) is 11.8 Å². The summed E-state index contributed by atoms with van der Waals surface area (Å²) in [6.45, 7) is 1.68. The Balaban J connectivity index is 1.45. The molecule has 0 radical (unpaired) electrons. The van der Waals surface area contributed by atoms with E-state index in [-0.39, 0.29) is 0 Å². The number of amides is 1. The minimum absolute atomic E-state index is 0.351. The molecular weight excluding hydrogens is 362 g/mol. The van der Waals surface area contributed by atoms with Crippen molar-refractivity contribution < 1.29 is 9.53 Å². The van der Waals surface area contributed by atoms with Gasteiger partial charge in [0.05, 0.1) is 5.56 Å². The Morgan fingerprint density at radius 3 is 2.33 bits per heavy atom. The average molecular weight is 382 g/mol. The molecule has 3 aromatic rings. The quantitative estimate of drug-likeness (QED) is 0.579. The Morgan fingerprint density at radius 2 is 1.70 bits per heavy atom. The number of ether oxygens (including phenoxy) is 1. The lowest BCUT2D eigenvalue weighted by Gasteiger charge is -2.08. The monoisotopic (exact) mass is 381 g/mol. The normalized spacial score (nSPS) is 10.6. The molecule has 1 amide bonds. The highest BCUT2D eigenvalue weighted by Gasteiger charge is 2.03. The molecule has 0 atom stereocenters. The number of rotatable bonds is 8. The fraction of sp³-hybridized carbons (Fsp3) is 0.143. The van der Waals surface area contributed by atoms with E-state index in [2.05, 4.69) is 10.3 Å². The molecule has 27 heavy (non-hydrogen) atoms. The highest BCUT2D eigenvalue weighted by Crippen LogP contribution is 2.20. The van der Waals surface area contributed by atoms with E-state index in [1.807, 2.05) is 48.5 Å². The Kier molecular flexibility index (Phi) is 6.41. The van der Waals surface area contributed by atoms with Crippen LogP contribution in [0.25, 0.3) is 0 Å². The summed E-state index contributed by atoms with van der Waals surface area (Å²) in [5.74, 6) is 0.590. The SMILES string of the molecule is NC(=O)c1ccc(Oc2ccc(CCNCc3ccc(Cl)cc3)cc2)nc1. The van der Waals surface area contributed by atoms with Gasteiger partial charge in [0.15, 0.2) is 0 Å². The summed E-state index contributed by atoms with van der Waals surface area (Å²) in [6.07, 6.45) is 2.32. The predicted octanol–water partition coefficient (Wildman–Crippen LogP) is 3.96. The Bertz CT molecular complexity index is 879. The molecule has 0 aliphatic carbocycles. The highest BCUT2D eigenvalue weighted by molar-refractivity contribution is 6.30. The molecule has 0 saturated carbocycles. The number of nitrogens with zero attached hydrogens (tertiary/aromatic N) is 1. The molecule has 3 rings (SSSR count). The molecule has 0 bridgehead atoms. The number of halogens is 1. The van der Waals surface area contributed by atoms with Crippen LogP contribution in [-0.4, -0.2) is 17.4 Å². The van der Waals surface area contributed by atoms with E-state index in [1.54, 1.807) is 12.1 Å². The van der Waals surface area contributed by atoms with Gasteiger partial charge in [-0.1, -0.05) is 35.9 Å². The van der Waals surface area contributed by atoms with Crippen molar-refractivity contribution >= 4 is 17.5 Å². The first kappa shape index (κ1) is 18.9. The van der Waals surface area contributed by atoms with Crippen molar-refractivity contribution in [1.29, 1.82) is 0 Å². The van der Waals surface area contributed by atoms with Crippen LogP contribution in [-0.2, 0) is 13.0 Å². The number of pyridine rings is 1. The standard InChI is InChI=1S/C21H20ClN3O2/c22-18-6-1-16(2-7-18)13-24-12-11-15-3-8-19(9-4-15)27-20-10-5-17(14-25-20)21(23)26/h1-10,14,24H,11-13H2,(H2,23,26). The van der Waals surface area contributed by atoms with Gasteiger partial charge < -0.3 is 15.8 Å². The molecule has 0 saturated heterocycles. The van der Waals surface area contributed by atoms with Gasteiger partial charge in [0.1, 0.15) is 5.75 Å². The van der Waals surface area contributed by atoms with Gasteiger partial charge in [0.25, 0.3) is 0 Å². The van der Waals surface area contributed by atoms with Crippen LogP contribution < -0.4 is 15.8 Å². The molecular formula is C21H20ClN3O2. The van der Waals surface area contributed by atoms with Crippen molar-refractivity contribution in [3.8, 4) is 11.6 Å². The van der Waals surface area contributed by atoms with Crippen molar-refractivity contribution in [2.45, 2.75) is 13.0 Å². The lowest BCUT2D eigenvalue weighted by Crippen LogP contribution is -2.16. The van der Waals surface area contributed by atoms with E-state index in [0.717, 1.165) is 24.5 Å². The fourth-order valence-corrected chi connectivity index (χ4v) is 2.63. The maximum atomic E-state index is 11.0. The van der Waals surface area contributed by atoms with Gasteiger partial charge in [-0.05, 0) is 54.4 Å². The Morgan fingerprint density at radius 1 is 1.00 bits per heavy atom. The lowest BCUT2D eigenvalue weighted by atomic mass is 10.1. The van der Waals surface area contributed by atoms with E-state index in [0.29, 0.717) is 17.2 Å². The van der Waals surface area contributed by atoms with Crippen molar-refractivity contribution in [3.63, 3.8) is 0 Å². The number of benzene rings is 2. The van der Waals surface area contributed by atoms with Crippen LogP contribution in [0.2, 0.25) is 5.02 Å². The summed E-state index contributed by atoms with van der Waals surface area (Å²) in [5.41, 5.74) is 7.96. The summed E-state index contributed by atoms with van der Waals surface area (Å²) < 4.78 is 5.67. The number of nitrogens with one attached hydrogen (secondary N) is 1. The van der Waals surface area contributed by atoms with Crippen LogP contribution in [0.5, 0.6) is 11.6 Å². The number of hydrogen-bond donors (Lipinski definition) is 2. The molecule has 6 heteroatoms. The molecule has 0 fully saturated rings. The van der Waals surface area contributed by atoms with Crippen LogP contribution in [0.15, 0.2) is 66.9 Å². The number of aromatic nitrogens is 1. The second kappa shape index (κ2) is 9.16. The molecule has 0 spiro atoms. The summed E-state index contributed by atoms with van der Waals surface area (Å²) >= 11 is 5.88. The molecule has 0 unspecified atom stereocenters. The number of carbonyl (C=O) groups excluding carboxylic acids is 1. The number of primary amides is 1. The van der Waals surface area contributed by atoms with Gasteiger partial charge in [-0.25, -0.2) is 4.98 Å². The number of hydrogen-bond acceptors (Lipinski definition) is 4. The number of nitrogens with two attached hydrogens (primary N) is 1.